The Morgan fingerprint density at radius 1 is 0.364 bits per heavy atom. The van der Waals surface area contributed by atoms with Crippen molar-refractivity contribution >= 4 is 11.9 Å². The van der Waals surface area contributed by atoms with Crippen LogP contribution in [0.2, 0.25) is 0 Å². The van der Waals surface area contributed by atoms with Crippen LogP contribution in [0, 0.1) is 0 Å². The number of rotatable bonds is 66. The van der Waals surface area contributed by atoms with Gasteiger partial charge >= 0.3 is 5.97 Å². The van der Waals surface area contributed by atoms with Gasteiger partial charge in [-0.1, -0.05) is 353 Å². The summed E-state index contributed by atoms with van der Waals surface area (Å²) in [7, 11) is 0. The molecule has 0 aromatic rings. The summed E-state index contributed by atoms with van der Waals surface area (Å²) in [6, 6.07) is -0.542. The fourth-order valence-corrected chi connectivity index (χ4v) is 11.2. The number of nitrogens with one attached hydrogen (secondary N) is 1. The molecule has 0 rings (SSSR count). The zero-order valence-corrected chi connectivity index (χ0v) is 52.2. The number of amides is 1. The molecule has 6 nitrogen and oxygen atoms in total. The van der Waals surface area contributed by atoms with E-state index in [1.54, 1.807) is 0 Å². The Morgan fingerprint density at radius 2 is 0.675 bits per heavy atom. The smallest absolute Gasteiger partial charge is 0.305 e. The van der Waals surface area contributed by atoms with Gasteiger partial charge in [-0.25, -0.2) is 0 Å². The van der Waals surface area contributed by atoms with E-state index in [1.807, 2.05) is 0 Å². The monoisotopic (exact) mass is 1080 g/mol. The maximum Gasteiger partial charge on any atom is 0.305 e. The molecule has 0 bridgehead atoms. The second-order valence-corrected chi connectivity index (χ2v) is 24.2. The van der Waals surface area contributed by atoms with Crippen LogP contribution in [0.4, 0.5) is 0 Å². The minimum Gasteiger partial charge on any atom is -0.466 e. The molecule has 0 saturated carbocycles. The van der Waals surface area contributed by atoms with Crippen LogP contribution in [0.5, 0.6) is 0 Å². The first-order valence-electron chi connectivity index (χ1n) is 35.1. The average molecular weight is 1080 g/mol. The van der Waals surface area contributed by atoms with Crippen molar-refractivity contribution in [1.82, 2.24) is 5.32 Å². The number of unbranched alkanes of at least 4 members (excludes halogenated alkanes) is 51. The molecule has 0 aliphatic rings. The second-order valence-electron chi connectivity index (χ2n) is 24.2. The molecule has 0 aliphatic carbocycles. The summed E-state index contributed by atoms with van der Waals surface area (Å²) in [5.74, 6) is -0.0299. The number of aliphatic hydroxyl groups excluding tert-OH is 2. The molecule has 1 amide bonds. The maximum absolute atomic E-state index is 12.6. The summed E-state index contributed by atoms with van der Waals surface area (Å²) in [6.07, 6.45) is 83.6. The van der Waals surface area contributed by atoms with Crippen molar-refractivity contribution in [2.45, 2.75) is 405 Å². The van der Waals surface area contributed by atoms with Gasteiger partial charge in [0.25, 0.3) is 0 Å². The number of hydrogen-bond donors (Lipinski definition) is 3. The first kappa shape index (κ1) is 75.3. The molecular weight excluding hydrogens is 947 g/mol. The first-order valence-corrected chi connectivity index (χ1v) is 35.1. The predicted molar refractivity (Wildman–Crippen MR) is 338 cm³/mol. The van der Waals surface area contributed by atoms with E-state index in [-0.39, 0.29) is 18.5 Å². The first-order chi connectivity index (χ1) is 38.0. The fourth-order valence-electron chi connectivity index (χ4n) is 11.2. The van der Waals surface area contributed by atoms with Gasteiger partial charge in [0.15, 0.2) is 0 Å². The maximum atomic E-state index is 12.6. The van der Waals surface area contributed by atoms with E-state index in [4.69, 9.17) is 4.74 Å². The Labute approximate surface area is 481 Å². The zero-order chi connectivity index (χ0) is 55.7. The molecule has 0 heterocycles. The highest BCUT2D eigenvalue weighted by atomic mass is 16.5. The SMILES string of the molecule is CCC/C=C\C/C=C\CCCCCCCC(=O)OCCCCCCCCCCCCCCCCCCCCCCCCCC(=O)NC(CO)C(O)CCCCCCCCCCCCCCCCCCCCCCCCCC. The van der Waals surface area contributed by atoms with Crippen molar-refractivity contribution in [2.75, 3.05) is 13.2 Å². The van der Waals surface area contributed by atoms with E-state index >= 15 is 0 Å². The number of hydrogen-bond acceptors (Lipinski definition) is 5. The van der Waals surface area contributed by atoms with Gasteiger partial charge in [0, 0.05) is 12.8 Å². The molecule has 2 atom stereocenters. The Morgan fingerprint density at radius 3 is 1.04 bits per heavy atom. The van der Waals surface area contributed by atoms with Crippen molar-refractivity contribution in [3.63, 3.8) is 0 Å². The molecule has 77 heavy (non-hydrogen) atoms. The summed E-state index contributed by atoms with van der Waals surface area (Å²) in [5.41, 5.74) is 0. The van der Waals surface area contributed by atoms with E-state index in [2.05, 4.69) is 43.5 Å². The molecule has 2 unspecified atom stereocenters. The number of carbonyl (C=O) groups excluding carboxylic acids is 2. The lowest BCUT2D eigenvalue weighted by atomic mass is 10.0. The average Bonchev–Trinajstić information content (AvgIpc) is 3.43. The Hall–Kier alpha value is -1.66. The van der Waals surface area contributed by atoms with E-state index in [0.717, 1.165) is 51.4 Å². The number of carbonyl (C=O) groups is 2. The molecule has 0 spiro atoms. The molecule has 0 aliphatic heterocycles. The summed E-state index contributed by atoms with van der Waals surface area (Å²) >= 11 is 0. The third kappa shape index (κ3) is 63.4. The zero-order valence-electron chi connectivity index (χ0n) is 52.2. The Balaban J connectivity index is 3.38. The van der Waals surface area contributed by atoms with Crippen LogP contribution in [0.1, 0.15) is 393 Å². The van der Waals surface area contributed by atoms with Crippen LogP contribution < -0.4 is 5.32 Å². The molecule has 6 heteroatoms. The van der Waals surface area contributed by atoms with Gasteiger partial charge in [0.05, 0.1) is 25.4 Å². The third-order valence-corrected chi connectivity index (χ3v) is 16.5. The highest BCUT2D eigenvalue weighted by Gasteiger charge is 2.20. The number of ether oxygens (including phenoxy) is 1. The molecule has 0 fully saturated rings. The molecule has 3 N–H and O–H groups in total. The van der Waals surface area contributed by atoms with E-state index in [0.29, 0.717) is 25.9 Å². The van der Waals surface area contributed by atoms with Gasteiger partial charge in [-0.2, -0.15) is 0 Å². The van der Waals surface area contributed by atoms with Gasteiger partial charge in [0.2, 0.25) is 5.91 Å². The predicted octanol–water partition coefficient (Wildman–Crippen LogP) is 22.5. The second kappa shape index (κ2) is 66.8. The third-order valence-electron chi connectivity index (χ3n) is 16.5. The van der Waals surface area contributed by atoms with E-state index in [9.17, 15) is 19.8 Å². The van der Waals surface area contributed by atoms with Crippen LogP contribution in [0.3, 0.4) is 0 Å². The highest BCUT2D eigenvalue weighted by Crippen LogP contribution is 2.19. The highest BCUT2D eigenvalue weighted by molar-refractivity contribution is 5.76. The van der Waals surface area contributed by atoms with Gasteiger partial charge in [-0.05, 0) is 51.4 Å². The lowest BCUT2D eigenvalue weighted by molar-refractivity contribution is -0.143. The van der Waals surface area contributed by atoms with Gasteiger partial charge in [-0.3, -0.25) is 9.59 Å². The topological polar surface area (TPSA) is 95.9 Å². The van der Waals surface area contributed by atoms with Gasteiger partial charge < -0.3 is 20.3 Å². The largest absolute Gasteiger partial charge is 0.466 e. The quantitative estimate of drug-likeness (QED) is 0.0320. The summed E-state index contributed by atoms with van der Waals surface area (Å²) in [4.78, 5) is 24.6. The molecule has 0 saturated heterocycles. The van der Waals surface area contributed by atoms with Crippen molar-refractivity contribution in [2.24, 2.45) is 0 Å². The fraction of sp³-hybridized carbons (Fsp3) is 0.915. The minimum absolute atomic E-state index is 0.0000705. The van der Waals surface area contributed by atoms with Crippen LogP contribution in [-0.4, -0.2) is 47.4 Å². The van der Waals surface area contributed by atoms with Crippen molar-refractivity contribution in [3.05, 3.63) is 24.3 Å². The summed E-state index contributed by atoms with van der Waals surface area (Å²) in [5, 5.41) is 23.4. The van der Waals surface area contributed by atoms with Gasteiger partial charge in [0.1, 0.15) is 0 Å². The van der Waals surface area contributed by atoms with Gasteiger partial charge in [-0.15, -0.1) is 0 Å². The normalized spacial score (nSPS) is 12.6. The lowest BCUT2D eigenvalue weighted by Crippen LogP contribution is -2.45. The van der Waals surface area contributed by atoms with E-state index < -0.39 is 12.1 Å². The van der Waals surface area contributed by atoms with Crippen LogP contribution in [0.25, 0.3) is 0 Å². The minimum atomic E-state index is -0.665. The van der Waals surface area contributed by atoms with Crippen molar-refractivity contribution in [3.8, 4) is 0 Å². The number of aliphatic hydroxyl groups is 2. The van der Waals surface area contributed by atoms with E-state index in [1.165, 1.54) is 308 Å². The number of allylic oxidation sites excluding steroid dienone is 4. The molecular formula is C71H137NO5. The Bertz CT molecular complexity index is 1200. The standard InChI is InChI=1S/C71H137NO5/c1-3-5-7-9-11-13-15-17-18-19-20-21-22-24-27-30-33-36-40-43-47-51-55-59-63-69(74)68(67-73)72-70(75)64-60-56-52-48-44-41-37-34-31-28-25-23-26-29-32-35-38-42-46-50-54-58-62-66-77-71(76)65-61-57-53-49-45-39-16-14-12-10-8-6-4-2/h8,10,14,16,68-69,73-74H,3-7,9,11-13,15,17-67H2,1-2H3,(H,72,75)/b10-8-,16-14-. The molecule has 0 radical (unpaired) electrons. The molecule has 0 aromatic heterocycles. The summed E-state index contributed by atoms with van der Waals surface area (Å²) < 4.78 is 5.47. The van der Waals surface area contributed by atoms with Crippen molar-refractivity contribution in [1.29, 1.82) is 0 Å². The molecule has 456 valence electrons. The van der Waals surface area contributed by atoms with Crippen molar-refractivity contribution < 1.29 is 24.5 Å². The summed E-state index contributed by atoms with van der Waals surface area (Å²) in [6.45, 7) is 4.92. The van der Waals surface area contributed by atoms with Crippen LogP contribution in [-0.2, 0) is 14.3 Å². The number of esters is 1. The van der Waals surface area contributed by atoms with Crippen LogP contribution >= 0.6 is 0 Å². The Kier molecular flexibility index (Phi) is 65.4. The van der Waals surface area contributed by atoms with Crippen LogP contribution in [0.15, 0.2) is 24.3 Å². The lowest BCUT2D eigenvalue weighted by Gasteiger charge is -2.22. The molecule has 0 aromatic carbocycles.